The van der Waals surface area contributed by atoms with Crippen LogP contribution in [0.25, 0.3) is 22.5 Å². The second-order valence-electron chi connectivity index (χ2n) is 15.8. The molecule has 2 aliphatic rings. The van der Waals surface area contributed by atoms with Gasteiger partial charge in [-0.25, -0.2) is 33.5 Å². The van der Waals surface area contributed by atoms with E-state index in [1.807, 2.05) is 6.92 Å². The van der Waals surface area contributed by atoms with Gasteiger partial charge in [0.15, 0.2) is 5.78 Å². The second kappa shape index (κ2) is 20.3. The standard InChI is InChI=1S/C23H26F4N4O3.C18H18F4N4O.ClH/c1-13-9-28-17(15-10-29-20(30-11-15)23(25,26)27)7-14(13)5-6-19(32)18-8-16(24)12-31(18)21(33)34-22(2,3)4;1-10-6-23-14(12-7-25-17(26-8-12)18(20,21)22)4-11(10)2-3-16(27)15-5-13(19)9-24-15;/h7,9-11,16,18H,5-6,8,12H2,1-4H3;4,6-8,13,15,24H,2-3,5,9H2,1H3;1H/t16-,18+;13-,15+;/m11./s1. The maximum Gasteiger partial charge on any atom is 0.451 e. The number of pyridine rings is 2. The van der Waals surface area contributed by atoms with Crippen LogP contribution in [-0.4, -0.2) is 95.6 Å². The van der Waals surface area contributed by atoms with Crippen LogP contribution in [0.5, 0.6) is 0 Å². The molecule has 2 fully saturated rings. The van der Waals surface area contributed by atoms with E-state index in [2.05, 4.69) is 35.2 Å². The number of aryl methyl sites for hydroxylation is 4. The predicted octanol–water partition coefficient (Wildman–Crippen LogP) is 8.20. The fourth-order valence-electron chi connectivity index (χ4n) is 6.61. The molecule has 0 radical (unpaired) electrons. The highest BCUT2D eigenvalue weighted by Crippen LogP contribution is 2.30. The molecule has 4 aromatic rings. The van der Waals surface area contributed by atoms with E-state index in [4.69, 9.17) is 4.74 Å². The number of halogens is 9. The zero-order valence-corrected chi connectivity index (χ0v) is 35.1. The number of carbonyl (C=O) groups is 3. The van der Waals surface area contributed by atoms with E-state index in [0.29, 0.717) is 28.9 Å². The number of likely N-dealkylation sites (tertiary alicyclic amines) is 1. The van der Waals surface area contributed by atoms with Crippen LogP contribution in [0.4, 0.5) is 39.9 Å². The number of aromatic nitrogens is 6. The highest BCUT2D eigenvalue weighted by Gasteiger charge is 2.41. The van der Waals surface area contributed by atoms with Crippen molar-refractivity contribution in [3.05, 3.63) is 83.2 Å². The molecule has 4 atom stereocenters. The Morgan fingerprint density at radius 1 is 0.694 bits per heavy atom. The molecule has 0 saturated carbocycles. The first-order chi connectivity index (χ1) is 28.5. The van der Waals surface area contributed by atoms with Gasteiger partial charge in [0, 0.05) is 80.5 Å². The lowest BCUT2D eigenvalue weighted by molar-refractivity contribution is -0.145. The molecule has 0 bridgehead atoms. The number of alkyl halides is 8. The van der Waals surface area contributed by atoms with Gasteiger partial charge in [-0.3, -0.25) is 24.5 Å². The molecule has 0 spiro atoms. The van der Waals surface area contributed by atoms with E-state index < -0.39 is 60.1 Å². The largest absolute Gasteiger partial charge is 0.451 e. The Labute approximate surface area is 358 Å². The summed E-state index contributed by atoms with van der Waals surface area (Å²) in [6.45, 7) is 8.70. The maximum atomic E-state index is 14.1. The Kier molecular flexibility index (Phi) is 16.2. The molecule has 0 aromatic carbocycles. The monoisotopic (exact) mass is 900 g/mol. The highest BCUT2D eigenvalue weighted by atomic mass is 35.5. The average Bonchev–Trinajstić information content (AvgIpc) is 3.81. The van der Waals surface area contributed by atoms with Crippen molar-refractivity contribution in [2.75, 3.05) is 13.1 Å². The van der Waals surface area contributed by atoms with E-state index in [0.717, 1.165) is 51.9 Å². The first kappa shape index (κ1) is 49.4. The van der Waals surface area contributed by atoms with Gasteiger partial charge in [0.1, 0.15) is 23.7 Å². The predicted molar refractivity (Wildman–Crippen MR) is 211 cm³/mol. The summed E-state index contributed by atoms with van der Waals surface area (Å²) in [4.78, 5) is 60.4. The zero-order valence-electron chi connectivity index (χ0n) is 34.3. The third kappa shape index (κ3) is 13.4. The number of Topliss-reactive ketones (excluding diaryl/α,β-unsaturated/α-hetero) is 2. The maximum absolute atomic E-state index is 14.1. The van der Waals surface area contributed by atoms with Crippen LogP contribution in [0.3, 0.4) is 0 Å². The van der Waals surface area contributed by atoms with Gasteiger partial charge < -0.3 is 10.1 Å². The Morgan fingerprint density at radius 3 is 1.55 bits per heavy atom. The number of rotatable bonds is 10. The quantitative estimate of drug-likeness (QED) is 0.153. The van der Waals surface area contributed by atoms with Gasteiger partial charge in [0.25, 0.3) is 0 Å². The van der Waals surface area contributed by atoms with E-state index in [1.165, 1.54) is 0 Å². The number of ketones is 2. The fraction of sp³-hybridized carbons (Fsp3) is 0.488. The number of carbonyl (C=O) groups excluding carboxylic acids is 3. The van der Waals surface area contributed by atoms with Crippen molar-refractivity contribution in [3.8, 4) is 22.5 Å². The number of hydrogen-bond acceptors (Lipinski definition) is 11. The zero-order chi connectivity index (χ0) is 44.9. The second-order valence-corrected chi connectivity index (χ2v) is 15.8. The minimum atomic E-state index is -4.64. The number of nitrogens with zero attached hydrogens (tertiary/aromatic N) is 7. The topological polar surface area (TPSA) is 153 Å². The summed E-state index contributed by atoms with van der Waals surface area (Å²) in [5.41, 5.74) is 3.92. The lowest BCUT2D eigenvalue weighted by Gasteiger charge is -2.27. The highest BCUT2D eigenvalue weighted by molar-refractivity contribution is 5.88. The van der Waals surface area contributed by atoms with Crippen LogP contribution >= 0.6 is 12.4 Å². The molecule has 336 valence electrons. The van der Waals surface area contributed by atoms with E-state index in [9.17, 15) is 49.5 Å². The Balaban J connectivity index is 0.000000275. The molecular formula is C41H45ClF8N8O4. The molecule has 12 nitrogen and oxygen atoms in total. The van der Waals surface area contributed by atoms with E-state index in [-0.39, 0.29) is 69.2 Å². The van der Waals surface area contributed by atoms with Crippen LogP contribution in [0, 0.1) is 13.8 Å². The van der Waals surface area contributed by atoms with Crippen molar-refractivity contribution in [1.29, 1.82) is 0 Å². The normalized spacial score (nSPS) is 19.0. The van der Waals surface area contributed by atoms with E-state index >= 15 is 0 Å². The molecule has 0 aliphatic carbocycles. The van der Waals surface area contributed by atoms with Crippen LogP contribution < -0.4 is 5.32 Å². The molecule has 4 aromatic heterocycles. The van der Waals surface area contributed by atoms with Gasteiger partial charge in [-0.15, -0.1) is 12.4 Å². The number of amides is 1. The molecule has 6 heterocycles. The lowest BCUT2D eigenvalue weighted by Crippen LogP contribution is -2.43. The molecule has 2 saturated heterocycles. The summed E-state index contributed by atoms with van der Waals surface area (Å²) < 4.78 is 108. The first-order valence-corrected chi connectivity index (χ1v) is 19.2. The van der Waals surface area contributed by atoms with Crippen molar-refractivity contribution < 1.29 is 54.2 Å². The molecule has 0 unspecified atom stereocenters. The third-order valence-electron chi connectivity index (χ3n) is 9.83. The molecule has 6 rings (SSSR count). The van der Waals surface area contributed by atoms with Crippen molar-refractivity contribution in [1.82, 2.24) is 40.1 Å². The minimum Gasteiger partial charge on any atom is -0.444 e. The summed E-state index contributed by atoms with van der Waals surface area (Å²) >= 11 is 0. The number of hydrogen-bond donors (Lipinski definition) is 1. The van der Waals surface area contributed by atoms with Gasteiger partial charge in [0.05, 0.1) is 30.0 Å². The van der Waals surface area contributed by atoms with Crippen LogP contribution in [0.1, 0.15) is 80.4 Å². The Hall–Kier alpha value is -5.24. The average molecular weight is 901 g/mol. The van der Waals surface area contributed by atoms with Crippen LogP contribution in [0.2, 0.25) is 0 Å². The SMILES string of the molecule is Cc1cnc(-c2cnc(C(F)(F)F)nc2)cc1CCC(=O)[C@@H]1C[C@@H](F)CN1.Cc1cnc(-c2cnc(C(F)(F)F)nc2)cc1CCC(=O)[C@@H]1C[C@@H](F)CN1C(=O)OC(C)(C)C.Cl. The Bertz CT molecular complexity index is 2190. The van der Waals surface area contributed by atoms with Crippen molar-refractivity contribution in [3.63, 3.8) is 0 Å². The van der Waals surface area contributed by atoms with Crippen molar-refractivity contribution >= 4 is 30.1 Å². The minimum absolute atomic E-state index is 0. The number of nitrogens with one attached hydrogen (secondary N) is 1. The summed E-state index contributed by atoms with van der Waals surface area (Å²) in [7, 11) is 0. The summed E-state index contributed by atoms with van der Waals surface area (Å²) in [5, 5.41) is 2.87. The van der Waals surface area contributed by atoms with Crippen LogP contribution in [0.15, 0.2) is 49.3 Å². The molecule has 62 heavy (non-hydrogen) atoms. The van der Waals surface area contributed by atoms with Gasteiger partial charge >= 0.3 is 18.4 Å². The van der Waals surface area contributed by atoms with Crippen molar-refractivity contribution in [2.24, 2.45) is 0 Å². The smallest absolute Gasteiger partial charge is 0.444 e. The van der Waals surface area contributed by atoms with Crippen molar-refractivity contribution in [2.45, 2.75) is 116 Å². The van der Waals surface area contributed by atoms with Gasteiger partial charge in [-0.05, 0) is 81.8 Å². The third-order valence-corrected chi connectivity index (χ3v) is 9.83. The molecule has 21 heteroatoms. The summed E-state index contributed by atoms with van der Waals surface area (Å²) in [5.74, 6) is -2.79. The molecule has 1 N–H and O–H groups in total. The van der Waals surface area contributed by atoms with Crippen LogP contribution in [-0.2, 0) is 39.5 Å². The van der Waals surface area contributed by atoms with E-state index in [1.54, 1.807) is 52.2 Å². The lowest BCUT2D eigenvalue weighted by atomic mass is 9.98. The van der Waals surface area contributed by atoms with Gasteiger partial charge in [0.2, 0.25) is 11.6 Å². The Morgan fingerprint density at radius 2 is 1.15 bits per heavy atom. The first-order valence-electron chi connectivity index (χ1n) is 19.2. The fourth-order valence-corrected chi connectivity index (χ4v) is 6.61. The molecular weight excluding hydrogens is 856 g/mol. The van der Waals surface area contributed by atoms with Gasteiger partial charge in [-0.1, -0.05) is 0 Å². The summed E-state index contributed by atoms with van der Waals surface area (Å²) in [6, 6.07) is 2.02. The molecule has 1 amide bonds. The van der Waals surface area contributed by atoms with Gasteiger partial charge in [-0.2, -0.15) is 26.3 Å². The number of ether oxygens (including phenoxy) is 1. The molecule has 2 aliphatic heterocycles. The summed E-state index contributed by atoms with van der Waals surface area (Å²) in [6.07, 6.45) is -3.75.